The smallest absolute Gasteiger partial charge is 0.0733 e. The lowest BCUT2D eigenvalue weighted by Gasteiger charge is -2.27. The summed E-state index contributed by atoms with van der Waals surface area (Å²) in [4.78, 5) is 0. The van der Waals surface area contributed by atoms with E-state index in [0.29, 0.717) is 5.92 Å². The highest BCUT2D eigenvalue weighted by atomic mass is 15.2. The van der Waals surface area contributed by atoms with Crippen LogP contribution in [-0.2, 0) is 6.42 Å². The molecule has 1 aliphatic rings. The summed E-state index contributed by atoms with van der Waals surface area (Å²) in [5.41, 5.74) is 4.88. The first-order valence-electron chi connectivity index (χ1n) is 10.5. The molecule has 0 spiro atoms. The van der Waals surface area contributed by atoms with E-state index in [2.05, 4.69) is 73.5 Å². The maximum absolute atomic E-state index is 4.70. The molecule has 0 atom stereocenters. The molecular weight excluding hydrogens is 328 g/mol. The zero-order valence-corrected chi connectivity index (χ0v) is 16.8. The number of aryl methyl sites for hydroxylation is 1. The fourth-order valence-corrected chi connectivity index (χ4v) is 3.83. The van der Waals surface area contributed by atoms with E-state index < -0.39 is 0 Å². The standard InChI is InChI=1S/C25H32N2/c1-3-4-8-21-13-15-22(16-14-21)19-26-27-25(23-9-6-5-7-10-23)24-17-11-20(2)12-18-24/h5-7,9-10,13-16,19-20,24H,3-4,8,11-12,17-18H2,1-2H3. The molecule has 0 aliphatic heterocycles. The Hall–Kier alpha value is -2.22. The molecule has 1 saturated carbocycles. The van der Waals surface area contributed by atoms with Crippen LogP contribution < -0.4 is 0 Å². The van der Waals surface area contributed by atoms with Crippen LogP contribution in [0.3, 0.4) is 0 Å². The zero-order valence-electron chi connectivity index (χ0n) is 16.8. The molecule has 3 rings (SSSR count). The van der Waals surface area contributed by atoms with E-state index in [9.17, 15) is 0 Å². The number of rotatable bonds is 7. The molecule has 2 aromatic carbocycles. The Morgan fingerprint density at radius 1 is 0.963 bits per heavy atom. The second kappa shape index (κ2) is 10.2. The average Bonchev–Trinajstić information content (AvgIpc) is 2.72. The second-order valence-electron chi connectivity index (χ2n) is 7.90. The van der Waals surface area contributed by atoms with E-state index in [1.165, 1.54) is 49.7 Å². The third-order valence-electron chi connectivity index (χ3n) is 5.64. The molecule has 27 heavy (non-hydrogen) atoms. The topological polar surface area (TPSA) is 24.7 Å². The summed E-state index contributed by atoms with van der Waals surface area (Å²) in [6.07, 6.45) is 10.5. The van der Waals surface area contributed by atoms with Gasteiger partial charge in [0.2, 0.25) is 0 Å². The Labute approximate surface area is 164 Å². The number of nitrogens with zero attached hydrogens (tertiary/aromatic N) is 2. The highest BCUT2D eigenvalue weighted by molar-refractivity contribution is 6.02. The Kier molecular flexibility index (Phi) is 7.38. The maximum Gasteiger partial charge on any atom is 0.0733 e. The van der Waals surface area contributed by atoms with Gasteiger partial charge in [-0.05, 0) is 48.3 Å². The van der Waals surface area contributed by atoms with Crippen LogP contribution in [0.5, 0.6) is 0 Å². The lowest BCUT2D eigenvalue weighted by Crippen LogP contribution is -2.21. The summed E-state index contributed by atoms with van der Waals surface area (Å²) in [6, 6.07) is 19.3. The molecule has 0 saturated heterocycles. The van der Waals surface area contributed by atoms with Gasteiger partial charge in [-0.15, -0.1) is 0 Å². The predicted molar refractivity (Wildman–Crippen MR) is 117 cm³/mol. The van der Waals surface area contributed by atoms with Crippen LogP contribution in [0.2, 0.25) is 0 Å². The van der Waals surface area contributed by atoms with Crippen LogP contribution in [0.15, 0.2) is 64.8 Å². The molecule has 0 bridgehead atoms. The third-order valence-corrected chi connectivity index (χ3v) is 5.64. The van der Waals surface area contributed by atoms with Crippen molar-refractivity contribution in [3.8, 4) is 0 Å². The van der Waals surface area contributed by atoms with Gasteiger partial charge in [0.25, 0.3) is 0 Å². The first kappa shape index (κ1) is 19.5. The number of unbranched alkanes of at least 4 members (excludes halogenated alkanes) is 1. The number of benzene rings is 2. The van der Waals surface area contributed by atoms with Gasteiger partial charge in [-0.25, -0.2) is 0 Å². The van der Waals surface area contributed by atoms with Crippen molar-refractivity contribution in [1.82, 2.24) is 0 Å². The molecule has 0 unspecified atom stereocenters. The highest BCUT2D eigenvalue weighted by Crippen LogP contribution is 2.31. The minimum Gasteiger partial charge on any atom is -0.158 e. The molecule has 0 amide bonds. The second-order valence-corrected chi connectivity index (χ2v) is 7.90. The van der Waals surface area contributed by atoms with Gasteiger partial charge in [-0.3, -0.25) is 0 Å². The van der Waals surface area contributed by atoms with Gasteiger partial charge in [-0.2, -0.15) is 10.2 Å². The fourth-order valence-electron chi connectivity index (χ4n) is 3.83. The minimum atomic E-state index is 0.525. The fraction of sp³-hybridized carbons (Fsp3) is 0.440. The van der Waals surface area contributed by atoms with Crippen LogP contribution in [-0.4, -0.2) is 11.9 Å². The minimum absolute atomic E-state index is 0.525. The Balaban J connectivity index is 1.74. The van der Waals surface area contributed by atoms with Gasteiger partial charge in [0.1, 0.15) is 0 Å². The lowest BCUT2D eigenvalue weighted by molar-refractivity contribution is 0.344. The van der Waals surface area contributed by atoms with E-state index in [-0.39, 0.29) is 0 Å². The van der Waals surface area contributed by atoms with Crippen LogP contribution in [0.1, 0.15) is 69.1 Å². The van der Waals surface area contributed by atoms with Gasteiger partial charge >= 0.3 is 0 Å². The van der Waals surface area contributed by atoms with Gasteiger partial charge in [0.05, 0.1) is 11.9 Å². The van der Waals surface area contributed by atoms with E-state index in [0.717, 1.165) is 23.6 Å². The summed E-state index contributed by atoms with van der Waals surface area (Å²) in [5.74, 6) is 1.37. The van der Waals surface area contributed by atoms with Crippen LogP contribution in [0.4, 0.5) is 0 Å². The molecule has 142 valence electrons. The van der Waals surface area contributed by atoms with Crippen molar-refractivity contribution < 1.29 is 0 Å². The number of hydrogen-bond acceptors (Lipinski definition) is 2. The SMILES string of the molecule is CCCCc1ccc(C=NN=C(c2ccccc2)C2CCC(C)CC2)cc1. The van der Waals surface area contributed by atoms with Crippen LogP contribution in [0.25, 0.3) is 0 Å². The summed E-state index contributed by atoms with van der Waals surface area (Å²) in [5, 5.41) is 9.16. The third kappa shape index (κ3) is 5.89. The molecular formula is C25H32N2. The van der Waals surface area contributed by atoms with E-state index in [1.807, 2.05) is 6.21 Å². The van der Waals surface area contributed by atoms with Crippen molar-refractivity contribution in [2.75, 3.05) is 0 Å². The van der Waals surface area contributed by atoms with Crippen molar-refractivity contribution in [3.05, 3.63) is 71.3 Å². The Morgan fingerprint density at radius 3 is 2.33 bits per heavy atom. The number of hydrogen-bond donors (Lipinski definition) is 0. The van der Waals surface area contributed by atoms with Crippen molar-refractivity contribution in [2.24, 2.45) is 22.0 Å². The van der Waals surface area contributed by atoms with Crippen molar-refractivity contribution >= 4 is 11.9 Å². The lowest BCUT2D eigenvalue weighted by atomic mass is 9.79. The van der Waals surface area contributed by atoms with Crippen molar-refractivity contribution in [3.63, 3.8) is 0 Å². The van der Waals surface area contributed by atoms with E-state index >= 15 is 0 Å². The maximum atomic E-state index is 4.70. The molecule has 1 fully saturated rings. The monoisotopic (exact) mass is 360 g/mol. The first-order chi connectivity index (χ1) is 13.3. The molecule has 2 heteroatoms. The predicted octanol–water partition coefficient (Wildman–Crippen LogP) is 6.68. The molecule has 0 N–H and O–H groups in total. The van der Waals surface area contributed by atoms with Gasteiger partial charge in [-0.1, -0.05) is 87.7 Å². The summed E-state index contributed by atoms with van der Waals surface area (Å²) < 4.78 is 0. The summed E-state index contributed by atoms with van der Waals surface area (Å²) in [7, 11) is 0. The van der Waals surface area contributed by atoms with Crippen molar-refractivity contribution in [2.45, 2.75) is 58.8 Å². The van der Waals surface area contributed by atoms with Gasteiger partial charge in [0, 0.05) is 5.92 Å². The van der Waals surface area contributed by atoms with E-state index in [4.69, 9.17) is 5.10 Å². The normalized spacial score (nSPS) is 20.9. The van der Waals surface area contributed by atoms with Crippen LogP contribution >= 0.6 is 0 Å². The Bertz CT molecular complexity index is 736. The molecule has 0 aromatic heterocycles. The van der Waals surface area contributed by atoms with Crippen LogP contribution in [0, 0.1) is 11.8 Å². The molecule has 0 radical (unpaired) electrons. The zero-order chi connectivity index (χ0) is 18.9. The molecule has 2 nitrogen and oxygen atoms in total. The average molecular weight is 361 g/mol. The summed E-state index contributed by atoms with van der Waals surface area (Å²) in [6.45, 7) is 4.59. The largest absolute Gasteiger partial charge is 0.158 e. The van der Waals surface area contributed by atoms with Gasteiger partial charge in [0.15, 0.2) is 0 Å². The van der Waals surface area contributed by atoms with E-state index in [1.54, 1.807) is 0 Å². The van der Waals surface area contributed by atoms with Gasteiger partial charge < -0.3 is 0 Å². The molecule has 0 heterocycles. The molecule has 1 aliphatic carbocycles. The first-order valence-corrected chi connectivity index (χ1v) is 10.5. The Morgan fingerprint density at radius 2 is 1.67 bits per heavy atom. The summed E-state index contributed by atoms with van der Waals surface area (Å²) >= 11 is 0. The van der Waals surface area contributed by atoms with Crippen molar-refractivity contribution in [1.29, 1.82) is 0 Å². The highest BCUT2D eigenvalue weighted by Gasteiger charge is 2.23. The quantitative estimate of drug-likeness (QED) is 0.389. The molecule has 2 aromatic rings.